The standard InChI is InChI=1S/C24H27N7O/c1-23-8-9-24(2,29-23)12-18(11-23)30(3)22-7-6-20(27-28-22)19-5-4-17(10-21(19)32)31-14-16(13-25)26-15-31/h4-7,10,14-15,18,29,32H,8-9,11-12H2,1-3H3/t18?,23-,24+. The number of nitriles is 1. The fourth-order valence-corrected chi connectivity index (χ4v) is 5.36. The third kappa shape index (κ3) is 3.59. The van der Waals surface area contributed by atoms with Crippen LogP contribution in [0.15, 0.2) is 42.9 Å². The minimum atomic E-state index is 0.0980. The van der Waals surface area contributed by atoms with E-state index in [9.17, 15) is 5.11 Å². The van der Waals surface area contributed by atoms with Crippen molar-refractivity contribution >= 4 is 5.82 Å². The van der Waals surface area contributed by atoms with E-state index in [-0.39, 0.29) is 16.8 Å². The Morgan fingerprint density at radius 2 is 1.91 bits per heavy atom. The third-order valence-corrected chi connectivity index (χ3v) is 7.02. The first-order valence-corrected chi connectivity index (χ1v) is 10.9. The van der Waals surface area contributed by atoms with Crippen LogP contribution in [0.1, 0.15) is 45.2 Å². The van der Waals surface area contributed by atoms with E-state index in [4.69, 9.17) is 5.26 Å². The van der Waals surface area contributed by atoms with Gasteiger partial charge in [-0.3, -0.25) is 0 Å². The van der Waals surface area contributed by atoms with Crippen molar-refractivity contribution in [1.82, 2.24) is 25.1 Å². The van der Waals surface area contributed by atoms with Gasteiger partial charge in [-0.05, 0) is 63.8 Å². The molecule has 1 aromatic carbocycles. The number of anilines is 1. The van der Waals surface area contributed by atoms with E-state index in [1.54, 1.807) is 29.2 Å². The summed E-state index contributed by atoms with van der Waals surface area (Å²) >= 11 is 0. The van der Waals surface area contributed by atoms with E-state index in [0.29, 0.717) is 28.7 Å². The van der Waals surface area contributed by atoms with Gasteiger partial charge in [0.2, 0.25) is 0 Å². The lowest BCUT2D eigenvalue weighted by atomic mass is 9.84. The maximum Gasteiger partial charge on any atom is 0.158 e. The summed E-state index contributed by atoms with van der Waals surface area (Å²) in [6, 6.07) is 11.6. The summed E-state index contributed by atoms with van der Waals surface area (Å²) in [5.74, 6) is 0.937. The number of phenolic OH excluding ortho intramolecular Hbond substituents is 1. The largest absolute Gasteiger partial charge is 0.507 e. The SMILES string of the molecule is CN(c1ccc(-c2ccc(-n3cnc(C#N)c3)cc2O)nn1)C1C[C@]2(C)CC[C@](C)(C1)N2. The highest BCUT2D eigenvalue weighted by Crippen LogP contribution is 2.43. The zero-order chi connectivity index (χ0) is 22.5. The number of piperidine rings is 1. The Bertz CT molecular complexity index is 1180. The Labute approximate surface area is 187 Å². The van der Waals surface area contributed by atoms with E-state index in [0.717, 1.165) is 18.7 Å². The smallest absolute Gasteiger partial charge is 0.158 e. The second kappa shape index (κ2) is 7.31. The zero-order valence-electron chi connectivity index (χ0n) is 18.6. The van der Waals surface area contributed by atoms with Crippen molar-refractivity contribution in [3.63, 3.8) is 0 Å². The van der Waals surface area contributed by atoms with Gasteiger partial charge in [0.25, 0.3) is 0 Å². The number of benzene rings is 1. The number of nitrogens with zero attached hydrogens (tertiary/aromatic N) is 6. The molecular weight excluding hydrogens is 402 g/mol. The number of rotatable bonds is 4. The molecule has 1 unspecified atom stereocenters. The van der Waals surface area contributed by atoms with Crippen LogP contribution in [0.5, 0.6) is 5.75 Å². The number of hydrogen-bond acceptors (Lipinski definition) is 7. The summed E-state index contributed by atoms with van der Waals surface area (Å²) in [4.78, 5) is 6.24. The Morgan fingerprint density at radius 1 is 1.16 bits per heavy atom. The molecule has 3 aromatic rings. The van der Waals surface area contributed by atoms with E-state index in [2.05, 4.69) is 46.3 Å². The average molecular weight is 430 g/mol. The molecule has 0 aliphatic carbocycles. The first-order valence-electron chi connectivity index (χ1n) is 10.9. The minimum Gasteiger partial charge on any atom is -0.507 e. The summed E-state index contributed by atoms with van der Waals surface area (Å²) in [6.45, 7) is 4.65. The fourth-order valence-electron chi connectivity index (χ4n) is 5.36. The molecule has 2 bridgehead atoms. The van der Waals surface area contributed by atoms with Gasteiger partial charge in [-0.2, -0.15) is 5.26 Å². The molecule has 3 atom stereocenters. The molecule has 2 aliphatic rings. The van der Waals surface area contributed by atoms with Gasteiger partial charge in [0.1, 0.15) is 18.1 Å². The van der Waals surface area contributed by atoms with E-state index < -0.39 is 0 Å². The van der Waals surface area contributed by atoms with Gasteiger partial charge < -0.3 is 19.9 Å². The van der Waals surface area contributed by atoms with Gasteiger partial charge in [0.05, 0.1) is 11.4 Å². The van der Waals surface area contributed by atoms with Crippen LogP contribution in [0.3, 0.4) is 0 Å². The van der Waals surface area contributed by atoms with Crippen molar-refractivity contribution in [2.45, 2.75) is 56.7 Å². The van der Waals surface area contributed by atoms with Gasteiger partial charge in [0.15, 0.2) is 11.5 Å². The van der Waals surface area contributed by atoms with Crippen LogP contribution in [0.2, 0.25) is 0 Å². The monoisotopic (exact) mass is 429 g/mol. The van der Waals surface area contributed by atoms with E-state index >= 15 is 0 Å². The number of aromatic hydroxyl groups is 1. The molecule has 0 spiro atoms. The van der Waals surface area contributed by atoms with Crippen molar-refractivity contribution in [2.75, 3.05) is 11.9 Å². The van der Waals surface area contributed by atoms with Crippen molar-refractivity contribution < 1.29 is 5.11 Å². The molecule has 0 amide bonds. The maximum absolute atomic E-state index is 10.6. The van der Waals surface area contributed by atoms with Gasteiger partial charge in [0, 0.05) is 42.0 Å². The molecule has 0 saturated carbocycles. The molecule has 2 aliphatic heterocycles. The lowest BCUT2D eigenvalue weighted by molar-refractivity contribution is 0.207. The third-order valence-electron chi connectivity index (χ3n) is 7.02. The lowest BCUT2D eigenvalue weighted by Crippen LogP contribution is -2.58. The minimum absolute atomic E-state index is 0.0980. The van der Waals surface area contributed by atoms with Gasteiger partial charge in [-0.25, -0.2) is 4.98 Å². The molecule has 2 fully saturated rings. The summed E-state index contributed by atoms with van der Waals surface area (Å²) in [5, 5.41) is 32.2. The molecule has 164 valence electrons. The van der Waals surface area contributed by atoms with Crippen LogP contribution in [-0.2, 0) is 0 Å². The van der Waals surface area contributed by atoms with Gasteiger partial charge in [-0.15, -0.1) is 10.2 Å². The maximum atomic E-state index is 10.6. The molecule has 8 nitrogen and oxygen atoms in total. The van der Waals surface area contributed by atoms with Gasteiger partial charge >= 0.3 is 0 Å². The highest BCUT2D eigenvalue weighted by molar-refractivity contribution is 5.69. The fraction of sp³-hybridized carbons (Fsp3) is 0.417. The predicted molar refractivity (Wildman–Crippen MR) is 122 cm³/mol. The number of hydrogen-bond donors (Lipinski definition) is 2. The molecule has 0 radical (unpaired) electrons. The molecule has 2 aromatic heterocycles. The van der Waals surface area contributed by atoms with E-state index in [1.807, 2.05) is 24.3 Å². The topological polar surface area (TPSA) is 103 Å². The molecule has 2 N–H and O–H groups in total. The second-order valence-electron chi connectivity index (χ2n) is 9.68. The highest BCUT2D eigenvalue weighted by atomic mass is 16.3. The number of nitrogens with one attached hydrogen (secondary N) is 1. The molecule has 5 rings (SSSR count). The number of aromatic nitrogens is 4. The second-order valence-corrected chi connectivity index (χ2v) is 9.68. The molecule has 32 heavy (non-hydrogen) atoms. The van der Waals surface area contributed by atoms with E-state index in [1.165, 1.54) is 12.8 Å². The van der Waals surface area contributed by atoms with Crippen LogP contribution in [0.25, 0.3) is 16.9 Å². The van der Waals surface area contributed by atoms with Crippen molar-refractivity contribution in [2.24, 2.45) is 0 Å². The summed E-state index contributed by atoms with van der Waals surface area (Å²) < 4.78 is 1.69. The van der Waals surface area contributed by atoms with Crippen LogP contribution in [0.4, 0.5) is 5.82 Å². The Morgan fingerprint density at radius 3 is 2.50 bits per heavy atom. The number of phenols is 1. The first kappa shape index (κ1) is 20.5. The van der Waals surface area contributed by atoms with Gasteiger partial charge in [-0.1, -0.05) is 0 Å². The van der Waals surface area contributed by atoms with Crippen molar-refractivity contribution in [3.05, 3.63) is 48.5 Å². The summed E-state index contributed by atoms with van der Waals surface area (Å²) in [6.07, 6.45) is 7.77. The highest BCUT2D eigenvalue weighted by Gasteiger charge is 2.49. The molecule has 8 heteroatoms. The average Bonchev–Trinajstić information content (AvgIpc) is 3.34. The number of fused-ring (bicyclic) bond motifs is 2. The van der Waals surface area contributed by atoms with Crippen molar-refractivity contribution in [3.8, 4) is 28.8 Å². The Balaban J connectivity index is 1.35. The first-order chi connectivity index (χ1) is 15.3. The zero-order valence-corrected chi connectivity index (χ0v) is 18.6. The van der Waals surface area contributed by atoms with Crippen molar-refractivity contribution in [1.29, 1.82) is 5.26 Å². The number of imidazole rings is 1. The summed E-state index contributed by atoms with van der Waals surface area (Å²) in [5.41, 5.74) is 2.64. The molecule has 2 saturated heterocycles. The van der Waals surface area contributed by atoms with Crippen LogP contribution in [-0.4, -0.2) is 49.0 Å². The molecule has 4 heterocycles. The Hall–Kier alpha value is -3.44. The molecular formula is C24H27N7O. The predicted octanol–water partition coefficient (Wildman–Crippen LogP) is 3.41. The van der Waals surface area contributed by atoms with Crippen LogP contribution < -0.4 is 10.2 Å². The van der Waals surface area contributed by atoms with Crippen LogP contribution >= 0.6 is 0 Å². The normalized spacial score (nSPS) is 26.6. The lowest BCUT2D eigenvalue weighted by Gasteiger charge is -2.45. The van der Waals surface area contributed by atoms with Crippen LogP contribution in [0, 0.1) is 11.3 Å². The Kier molecular flexibility index (Phi) is 4.68. The quantitative estimate of drug-likeness (QED) is 0.655. The summed E-state index contributed by atoms with van der Waals surface area (Å²) in [7, 11) is 2.10.